The largest absolute Gasteiger partial charge is 0.481 e. The minimum atomic E-state index is -0.794. The van der Waals surface area contributed by atoms with Crippen LogP contribution in [-0.2, 0) is 9.53 Å². The zero-order valence-corrected chi connectivity index (χ0v) is 11.7. The van der Waals surface area contributed by atoms with Crippen molar-refractivity contribution >= 4 is 12.0 Å². The molecule has 1 unspecified atom stereocenters. The molecule has 0 aromatic heterocycles. The van der Waals surface area contributed by atoms with Crippen LogP contribution in [0, 0.1) is 5.92 Å². The second kappa shape index (κ2) is 7.99. The van der Waals surface area contributed by atoms with Crippen LogP contribution in [0.25, 0.3) is 0 Å². The SMILES string of the molecule is CC(CCC(=O)O)CNC(=O)N(C)C1CCOCC1. The number of aliphatic carboxylic acids is 1. The Labute approximate surface area is 114 Å². The summed E-state index contributed by atoms with van der Waals surface area (Å²) in [5, 5.41) is 11.4. The van der Waals surface area contributed by atoms with E-state index in [9.17, 15) is 9.59 Å². The number of ether oxygens (including phenoxy) is 1. The van der Waals surface area contributed by atoms with Gasteiger partial charge in [-0.15, -0.1) is 0 Å². The molecule has 0 aromatic carbocycles. The predicted octanol–water partition coefficient (Wildman–Crippen LogP) is 1.31. The summed E-state index contributed by atoms with van der Waals surface area (Å²) < 4.78 is 5.27. The van der Waals surface area contributed by atoms with Gasteiger partial charge in [0, 0.05) is 39.3 Å². The van der Waals surface area contributed by atoms with Crippen molar-refractivity contribution < 1.29 is 19.4 Å². The summed E-state index contributed by atoms with van der Waals surface area (Å²) in [4.78, 5) is 24.1. The van der Waals surface area contributed by atoms with Gasteiger partial charge in [-0.1, -0.05) is 6.92 Å². The van der Waals surface area contributed by atoms with E-state index < -0.39 is 5.97 Å². The molecule has 6 heteroatoms. The molecule has 110 valence electrons. The predicted molar refractivity (Wildman–Crippen MR) is 71.0 cm³/mol. The van der Waals surface area contributed by atoms with E-state index in [-0.39, 0.29) is 24.4 Å². The lowest BCUT2D eigenvalue weighted by Gasteiger charge is -2.31. The van der Waals surface area contributed by atoms with Crippen molar-refractivity contribution in [3.05, 3.63) is 0 Å². The van der Waals surface area contributed by atoms with Crippen LogP contribution in [0.2, 0.25) is 0 Å². The number of amides is 2. The van der Waals surface area contributed by atoms with Crippen molar-refractivity contribution in [2.24, 2.45) is 5.92 Å². The molecule has 0 spiro atoms. The number of nitrogens with zero attached hydrogens (tertiary/aromatic N) is 1. The Morgan fingerprint density at radius 2 is 2.05 bits per heavy atom. The fraction of sp³-hybridized carbons (Fsp3) is 0.846. The summed E-state index contributed by atoms with van der Waals surface area (Å²) in [5.41, 5.74) is 0. The monoisotopic (exact) mass is 272 g/mol. The van der Waals surface area contributed by atoms with Crippen molar-refractivity contribution in [3.8, 4) is 0 Å². The first-order valence-corrected chi connectivity index (χ1v) is 6.81. The van der Waals surface area contributed by atoms with Crippen molar-refractivity contribution in [1.29, 1.82) is 0 Å². The molecular formula is C13H24N2O4. The standard InChI is InChI=1S/C13H24N2O4/c1-10(3-4-12(16)17)9-14-13(18)15(2)11-5-7-19-8-6-11/h10-11H,3-9H2,1-2H3,(H,14,18)(H,16,17). The number of carboxylic acids is 1. The number of carbonyl (C=O) groups excluding carboxylic acids is 1. The number of rotatable bonds is 6. The highest BCUT2D eigenvalue weighted by Gasteiger charge is 2.22. The van der Waals surface area contributed by atoms with E-state index in [0.29, 0.717) is 26.2 Å². The Balaban J connectivity index is 2.23. The van der Waals surface area contributed by atoms with Gasteiger partial charge in [0.15, 0.2) is 0 Å². The van der Waals surface area contributed by atoms with Crippen molar-refractivity contribution in [2.75, 3.05) is 26.8 Å². The molecule has 0 radical (unpaired) electrons. The molecule has 0 aliphatic carbocycles. The molecule has 1 aliphatic heterocycles. The molecule has 0 bridgehead atoms. The molecule has 2 N–H and O–H groups in total. The molecule has 1 heterocycles. The third kappa shape index (κ3) is 5.92. The van der Waals surface area contributed by atoms with E-state index >= 15 is 0 Å². The summed E-state index contributed by atoms with van der Waals surface area (Å²) in [7, 11) is 1.80. The van der Waals surface area contributed by atoms with Gasteiger partial charge in [-0.25, -0.2) is 4.79 Å². The molecule has 0 aromatic rings. The summed E-state index contributed by atoms with van der Waals surface area (Å²) in [5.74, 6) is -0.624. The van der Waals surface area contributed by atoms with Crippen molar-refractivity contribution in [3.63, 3.8) is 0 Å². The Morgan fingerprint density at radius 1 is 1.42 bits per heavy atom. The van der Waals surface area contributed by atoms with Gasteiger partial charge in [-0.3, -0.25) is 4.79 Å². The number of carbonyl (C=O) groups is 2. The van der Waals surface area contributed by atoms with Gasteiger partial charge in [-0.05, 0) is 25.2 Å². The van der Waals surface area contributed by atoms with Crippen LogP contribution in [0.15, 0.2) is 0 Å². The number of carboxylic acid groups (broad SMARTS) is 1. The molecule has 1 aliphatic rings. The van der Waals surface area contributed by atoms with Gasteiger partial charge in [0.25, 0.3) is 0 Å². The van der Waals surface area contributed by atoms with E-state index in [2.05, 4.69) is 5.32 Å². The van der Waals surface area contributed by atoms with Crippen molar-refractivity contribution in [1.82, 2.24) is 10.2 Å². The topological polar surface area (TPSA) is 78.9 Å². The Morgan fingerprint density at radius 3 is 2.63 bits per heavy atom. The number of hydrogen-bond acceptors (Lipinski definition) is 3. The highest BCUT2D eigenvalue weighted by atomic mass is 16.5. The average molecular weight is 272 g/mol. The minimum Gasteiger partial charge on any atom is -0.481 e. The van der Waals surface area contributed by atoms with E-state index in [1.165, 1.54) is 0 Å². The van der Waals surface area contributed by atoms with Gasteiger partial charge in [0.2, 0.25) is 0 Å². The maximum Gasteiger partial charge on any atom is 0.317 e. The van der Waals surface area contributed by atoms with Gasteiger partial charge < -0.3 is 20.1 Å². The molecule has 19 heavy (non-hydrogen) atoms. The fourth-order valence-electron chi connectivity index (χ4n) is 2.10. The fourth-order valence-corrected chi connectivity index (χ4v) is 2.10. The second-order valence-electron chi connectivity index (χ2n) is 5.18. The summed E-state index contributed by atoms with van der Waals surface area (Å²) in [6, 6.07) is 0.150. The van der Waals surface area contributed by atoms with Crippen LogP contribution in [-0.4, -0.2) is 54.9 Å². The van der Waals surface area contributed by atoms with Gasteiger partial charge in [0.05, 0.1) is 0 Å². The maximum absolute atomic E-state index is 11.9. The zero-order valence-electron chi connectivity index (χ0n) is 11.7. The molecule has 1 saturated heterocycles. The van der Waals surface area contributed by atoms with E-state index in [4.69, 9.17) is 9.84 Å². The smallest absolute Gasteiger partial charge is 0.317 e. The van der Waals surface area contributed by atoms with Crippen LogP contribution in [0.1, 0.15) is 32.6 Å². The van der Waals surface area contributed by atoms with Crippen LogP contribution in [0.3, 0.4) is 0 Å². The van der Waals surface area contributed by atoms with Crippen LogP contribution in [0.4, 0.5) is 4.79 Å². The molecule has 2 amide bonds. The van der Waals surface area contributed by atoms with Gasteiger partial charge in [0.1, 0.15) is 0 Å². The Hall–Kier alpha value is -1.30. The first-order chi connectivity index (χ1) is 9.00. The minimum absolute atomic E-state index is 0.0888. The lowest BCUT2D eigenvalue weighted by atomic mass is 10.1. The second-order valence-corrected chi connectivity index (χ2v) is 5.18. The third-order valence-electron chi connectivity index (χ3n) is 3.51. The molecular weight excluding hydrogens is 248 g/mol. The number of urea groups is 1. The highest BCUT2D eigenvalue weighted by Crippen LogP contribution is 2.13. The first-order valence-electron chi connectivity index (χ1n) is 6.81. The van der Waals surface area contributed by atoms with E-state index in [1.54, 1.807) is 11.9 Å². The zero-order chi connectivity index (χ0) is 14.3. The van der Waals surface area contributed by atoms with Gasteiger partial charge >= 0.3 is 12.0 Å². The summed E-state index contributed by atoms with van der Waals surface area (Å²) in [6.45, 7) is 3.87. The Kier molecular flexibility index (Phi) is 6.62. The number of nitrogens with one attached hydrogen (secondary N) is 1. The van der Waals surface area contributed by atoms with Crippen molar-refractivity contribution in [2.45, 2.75) is 38.6 Å². The van der Waals surface area contributed by atoms with Gasteiger partial charge in [-0.2, -0.15) is 0 Å². The maximum atomic E-state index is 11.9. The highest BCUT2D eigenvalue weighted by molar-refractivity contribution is 5.74. The molecule has 1 atom stereocenters. The first kappa shape index (κ1) is 15.8. The van der Waals surface area contributed by atoms with Crippen LogP contribution < -0.4 is 5.32 Å². The lowest BCUT2D eigenvalue weighted by molar-refractivity contribution is -0.137. The molecule has 6 nitrogen and oxygen atoms in total. The molecule has 0 saturated carbocycles. The van der Waals surface area contributed by atoms with E-state index in [1.807, 2.05) is 6.92 Å². The average Bonchev–Trinajstić information content (AvgIpc) is 2.42. The van der Waals surface area contributed by atoms with Crippen LogP contribution >= 0.6 is 0 Å². The Bertz CT molecular complexity index is 303. The normalized spacial score (nSPS) is 17.8. The van der Waals surface area contributed by atoms with Crippen LogP contribution in [0.5, 0.6) is 0 Å². The third-order valence-corrected chi connectivity index (χ3v) is 3.51. The lowest BCUT2D eigenvalue weighted by Crippen LogP contribution is -2.46. The quantitative estimate of drug-likeness (QED) is 0.764. The summed E-state index contributed by atoms with van der Waals surface area (Å²) in [6.07, 6.45) is 2.47. The molecule has 1 rings (SSSR count). The van der Waals surface area contributed by atoms with E-state index in [0.717, 1.165) is 12.8 Å². The molecule has 1 fully saturated rings. The summed E-state index contributed by atoms with van der Waals surface area (Å²) >= 11 is 0. The number of hydrogen-bond donors (Lipinski definition) is 2.